The van der Waals surface area contributed by atoms with E-state index < -0.39 is 108 Å². The van der Waals surface area contributed by atoms with Crippen LogP contribution < -0.4 is 15.9 Å². The van der Waals surface area contributed by atoms with Crippen LogP contribution in [0, 0.1) is 0 Å². The number of ketones is 2. The van der Waals surface area contributed by atoms with Gasteiger partial charge in [0.1, 0.15) is 22.8 Å². The van der Waals surface area contributed by atoms with E-state index in [2.05, 4.69) is 10.5 Å². The summed E-state index contributed by atoms with van der Waals surface area (Å²) in [5, 5.41) is 60.5. The molecular formula is C37H42N4O13. The van der Waals surface area contributed by atoms with E-state index in [-0.39, 0.29) is 53.1 Å². The molecule has 2 aromatic carbocycles. The largest absolute Gasteiger partial charge is 0.507 e. The van der Waals surface area contributed by atoms with E-state index >= 15 is 0 Å². The molecule has 0 radical (unpaired) electrons. The monoisotopic (exact) mass is 750 g/mol. The first-order valence-corrected chi connectivity index (χ1v) is 17.5. The summed E-state index contributed by atoms with van der Waals surface area (Å²) in [7, 11) is 1.32. The normalized spacial score (nSPS) is 26.4. The Hall–Kier alpha value is -5.04. The number of rotatable bonds is 12. The number of nitrogens with one attached hydrogen (secondary N) is 1. The predicted octanol–water partition coefficient (Wildman–Crippen LogP) is 0.390. The number of nitrogens with two attached hydrogens (primary N) is 1. The molecule has 2 aromatic rings. The fourth-order valence-corrected chi connectivity index (χ4v) is 7.47. The highest BCUT2D eigenvalue weighted by Crippen LogP contribution is 2.52. The van der Waals surface area contributed by atoms with Crippen molar-refractivity contribution in [2.75, 3.05) is 20.3 Å². The number of aliphatic hydroxyl groups is 3. The second-order valence-corrected chi connectivity index (χ2v) is 13.8. The van der Waals surface area contributed by atoms with Gasteiger partial charge in [-0.25, -0.2) is 5.43 Å². The van der Waals surface area contributed by atoms with Gasteiger partial charge in [-0.3, -0.25) is 28.9 Å². The Morgan fingerprint density at radius 2 is 1.76 bits per heavy atom. The van der Waals surface area contributed by atoms with Gasteiger partial charge >= 0.3 is 0 Å². The number of ether oxygens (including phenoxy) is 3. The number of phenols is 2. The Bertz CT molecular complexity index is 1930. The van der Waals surface area contributed by atoms with E-state index in [1.54, 1.807) is 6.92 Å². The minimum absolute atomic E-state index is 0.0120. The van der Waals surface area contributed by atoms with Gasteiger partial charge in [0.15, 0.2) is 12.1 Å². The summed E-state index contributed by atoms with van der Waals surface area (Å²) in [6.45, 7) is 0.910. The lowest BCUT2D eigenvalue weighted by Gasteiger charge is -2.43. The van der Waals surface area contributed by atoms with Gasteiger partial charge < -0.3 is 45.5 Å². The van der Waals surface area contributed by atoms with Crippen LogP contribution in [0.25, 0.3) is 0 Å². The molecule has 0 bridgehead atoms. The molecule has 2 aliphatic heterocycles. The number of aliphatic hydroxyl groups excluding tert-OH is 2. The van der Waals surface area contributed by atoms with Crippen LogP contribution in [-0.4, -0.2) is 116 Å². The van der Waals surface area contributed by atoms with Crippen LogP contribution in [0.15, 0.2) is 35.5 Å². The van der Waals surface area contributed by atoms with E-state index in [0.717, 1.165) is 4.90 Å². The maximum absolute atomic E-state index is 14.0. The van der Waals surface area contributed by atoms with Crippen molar-refractivity contribution < 1.29 is 63.7 Å². The zero-order chi connectivity index (χ0) is 39.1. The van der Waals surface area contributed by atoms with Crippen molar-refractivity contribution >= 4 is 35.0 Å². The van der Waals surface area contributed by atoms with Gasteiger partial charge in [0.25, 0.3) is 11.8 Å². The average Bonchev–Trinajstić information content (AvgIpc) is 3.46. The van der Waals surface area contributed by atoms with E-state index in [1.807, 2.05) is 0 Å². The molecule has 17 heteroatoms. The highest BCUT2D eigenvalue weighted by Gasteiger charge is 2.49. The van der Waals surface area contributed by atoms with Crippen LogP contribution >= 0.6 is 0 Å². The molecule has 2 aliphatic carbocycles. The molecule has 4 aliphatic rings. The number of hydrogen-bond donors (Lipinski definition) is 7. The molecule has 0 aromatic heterocycles. The SMILES string of the molecule is COc1cccc2c1C(=O)c1c(O)c3c(c(O)c1C2=O)CC(O)(/C(CO)=N\NC(=O)CCCCCN1C(=O)C=CC1=O)CC3O[C@H]1C[C@H](N)[C@H](O)[C@H](C)O1. The minimum atomic E-state index is -2.16. The Labute approximate surface area is 309 Å². The number of methoxy groups -OCH3 is 1. The topological polar surface area (TPSA) is 268 Å². The van der Waals surface area contributed by atoms with Gasteiger partial charge in [-0.05, 0) is 25.8 Å². The van der Waals surface area contributed by atoms with E-state index in [4.69, 9.17) is 19.9 Å². The van der Waals surface area contributed by atoms with Gasteiger partial charge in [0.05, 0.1) is 54.4 Å². The van der Waals surface area contributed by atoms with Crippen LogP contribution in [0.4, 0.5) is 0 Å². The summed E-state index contributed by atoms with van der Waals surface area (Å²) in [5.74, 6) is -4.25. The summed E-state index contributed by atoms with van der Waals surface area (Å²) in [4.78, 5) is 65.1. The molecule has 54 heavy (non-hydrogen) atoms. The molecule has 0 spiro atoms. The van der Waals surface area contributed by atoms with E-state index in [0.29, 0.717) is 19.3 Å². The number of nitrogens with zero attached hydrogens (tertiary/aromatic N) is 2. The number of unbranched alkanes of at least 4 members (excludes halogenated alkanes) is 2. The van der Waals surface area contributed by atoms with Gasteiger partial charge in [-0.15, -0.1) is 0 Å². The molecule has 1 saturated heterocycles. The summed E-state index contributed by atoms with van der Waals surface area (Å²) in [6.07, 6.45) is -1.56. The van der Waals surface area contributed by atoms with E-state index in [9.17, 15) is 49.5 Å². The standard InChI is InChI=1S/C37H42N4O13/c1-17-32(46)20(38)13-27(53-17)54-22-15-37(51,23(16-42)39-40-24(43)9-4-3-5-12-41-25(44)10-11-26(41)45)14-19-29(22)36(50)31-30(34(19)48)33(47)18-7-6-8-21(52-2)28(18)35(31)49/h6-8,10-11,17,20,22,27,32,42,46,48,50-51H,3-5,9,12-16,38H2,1-2H3,(H,40,43)/b39-23-/t17-,20-,22?,27-,32+,37?/m0/s1. The average molecular weight is 751 g/mol. The Morgan fingerprint density at radius 3 is 2.43 bits per heavy atom. The second kappa shape index (κ2) is 15.4. The molecule has 0 saturated carbocycles. The van der Waals surface area contributed by atoms with Crippen LogP contribution in [0.3, 0.4) is 0 Å². The molecule has 17 nitrogen and oxygen atoms in total. The number of hydrogen-bond acceptors (Lipinski definition) is 15. The zero-order valence-electron chi connectivity index (χ0n) is 29.6. The van der Waals surface area contributed by atoms with Gasteiger partial charge in [0.2, 0.25) is 11.7 Å². The first-order chi connectivity index (χ1) is 25.7. The molecule has 1 fully saturated rings. The number of carbonyl (C=O) groups is 5. The third-order valence-corrected chi connectivity index (χ3v) is 10.3. The number of aromatic hydroxyl groups is 2. The van der Waals surface area contributed by atoms with Crippen LogP contribution in [-0.2, 0) is 30.3 Å². The number of imide groups is 1. The molecule has 3 amide bonds. The number of fused-ring (bicyclic) bond motifs is 3. The molecule has 8 N–H and O–H groups in total. The maximum atomic E-state index is 14.0. The van der Waals surface area contributed by atoms with Crippen LogP contribution in [0.1, 0.15) is 94.5 Å². The lowest BCUT2D eigenvalue weighted by molar-refractivity contribution is -0.245. The van der Waals surface area contributed by atoms with Crippen molar-refractivity contribution in [2.45, 2.75) is 88.1 Å². The lowest BCUT2D eigenvalue weighted by Crippen LogP contribution is -2.53. The first-order valence-electron chi connectivity index (χ1n) is 17.5. The maximum Gasteiger partial charge on any atom is 0.253 e. The summed E-state index contributed by atoms with van der Waals surface area (Å²) < 4.78 is 17.4. The van der Waals surface area contributed by atoms with Crippen molar-refractivity contribution in [1.82, 2.24) is 10.3 Å². The van der Waals surface area contributed by atoms with Crippen LogP contribution in [0.5, 0.6) is 17.2 Å². The Kier molecular flexibility index (Phi) is 11.0. The summed E-state index contributed by atoms with van der Waals surface area (Å²) in [5.41, 5.74) is 4.46. The Morgan fingerprint density at radius 1 is 1.06 bits per heavy atom. The number of amides is 3. The summed E-state index contributed by atoms with van der Waals surface area (Å²) >= 11 is 0. The second-order valence-electron chi connectivity index (χ2n) is 13.8. The van der Waals surface area contributed by atoms with Crippen molar-refractivity contribution in [3.8, 4) is 17.2 Å². The summed E-state index contributed by atoms with van der Waals surface area (Å²) in [6, 6.07) is 3.57. The highest BCUT2D eigenvalue weighted by molar-refractivity contribution is 6.31. The van der Waals surface area contributed by atoms with Gasteiger partial charge in [0, 0.05) is 67.1 Å². The molecule has 6 atom stereocenters. The Balaban J connectivity index is 1.29. The minimum Gasteiger partial charge on any atom is -0.507 e. The third-order valence-electron chi connectivity index (χ3n) is 10.3. The third kappa shape index (κ3) is 7.01. The number of benzene rings is 2. The lowest BCUT2D eigenvalue weighted by atomic mass is 9.71. The molecule has 288 valence electrons. The first kappa shape index (κ1) is 38.7. The molecule has 6 rings (SSSR count). The number of carbonyl (C=O) groups excluding carboxylic acids is 5. The number of hydrazone groups is 1. The predicted molar refractivity (Wildman–Crippen MR) is 187 cm³/mol. The van der Waals surface area contributed by atoms with Gasteiger partial charge in [-0.1, -0.05) is 18.6 Å². The van der Waals surface area contributed by atoms with Crippen molar-refractivity contribution in [1.29, 1.82) is 0 Å². The highest BCUT2D eigenvalue weighted by atomic mass is 16.7. The number of phenolic OH excluding ortho intramolecular Hbond substituents is 2. The van der Waals surface area contributed by atoms with Crippen molar-refractivity contribution in [2.24, 2.45) is 10.8 Å². The van der Waals surface area contributed by atoms with Crippen LogP contribution in [0.2, 0.25) is 0 Å². The molecule has 2 heterocycles. The smallest absolute Gasteiger partial charge is 0.253 e. The quantitative estimate of drug-likeness (QED) is 0.0434. The van der Waals surface area contributed by atoms with Crippen molar-refractivity contribution in [3.63, 3.8) is 0 Å². The fraction of sp³-hybridized carbons (Fsp3) is 0.459. The molecule has 2 unspecified atom stereocenters. The van der Waals surface area contributed by atoms with E-state index in [1.165, 1.54) is 37.5 Å². The molecular weight excluding hydrogens is 708 g/mol. The zero-order valence-corrected chi connectivity index (χ0v) is 29.6. The fourth-order valence-electron chi connectivity index (χ4n) is 7.47. The van der Waals surface area contributed by atoms with Crippen molar-refractivity contribution in [3.05, 3.63) is 63.7 Å². The van der Waals surface area contributed by atoms with Gasteiger partial charge in [-0.2, -0.15) is 5.10 Å².